The molecule has 0 aromatic heterocycles. The molecule has 3 fully saturated rings. The van der Waals surface area contributed by atoms with E-state index in [0.29, 0.717) is 23.7 Å². The normalized spacial score (nSPS) is 34.8. The Bertz CT molecular complexity index is 1140. The number of hydrogen-bond donors (Lipinski definition) is 2. The number of nitrogens with zero attached hydrogens (tertiary/aromatic N) is 1. The van der Waals surface area contributed by atoms with E-state index in [4.69, 9.17) is 0 Å². The molecule has 200 valence electrons. The second-order valence-electron chi connectivity index (χ2n) is 10.6. The van der Waals surface area contributed by atoms with Crippen LogP contribution >= 0.6 is 0 Å². The van der Waals surface area contributed by atoms with Gasteiger partial charge >= 0.3 is 12.4 Å². The molecule has 5 atom stereocenters. The van der Waals surface area contributed by atoms with Crippen molar-refractivity contribution in [2.45, 2.75) is 62.5 Å². The molecule has 1 saturated carbocycles. The van der Waals surface area contributed by atoms with E-state index in [-0.39, 0.29) is 37.3 Å². The first kappa shape index (κ1) is 26.0. The summed E-state index contributed by atoms with van der Waals surface area (Å²) < 4.78 is 107. The molecule has 2 unspecified atom stereocenters. The third-order valence-corrected chi connectivity index (χ3v) is 9.93. The smallest absolute Gasteiger partial charge is 0.310 e. The van der Waals surface area contributed by atoms with Crippen molar-refractivity contribution < 1.29 is 34.8 Å². The Morgan fingerprint density at radius 1 is 1.03 bits per heavy atom. The number of piperidine rings is 1. The number of alkyl halides is 6. The van der Waals surface area contributed by atoms with Gasteiger partial charge in [-0.15, -0.1) is 0 Å². The van der Waals surface area contributed by atoms with Crippen molar-refractivity contribution in [2.24, 2.45) is 17.8 Å². The molecule has 5 nitrogen and oxygen atoms in total. The summed E-state index contributed by atoms with van der Waals surface area (Å²) in [5.74, 6) is -1.56. The number of nitrogens with one attached hydrogen (secondary N) is 2. The van der Waals surface area contributed by atoms with Gasteiger partial charge in [0.2, 0.25) is 0 Å². The summed E-state index contributed by atoms with van der Waals surface area (Å²) in [6.07, 6.45) is -2.65. The van der Waals surface area contributed by atoms with Crippen LogP contribution in [0.1, 0.15) is 42.4 Å². The molecule has 5 rings (SSSR count). The molecule has 0 radical (unpaired) electrons. The van der Waals surface area contributed by atoms with Gasteiger partial charge in [0.05, 0.1) is 11.5 Å². The van der Waals surface area contributed by atoms with Crippen LogP contribution in [0.15, 0.2) is 24.3 Å². The van der Waals surface area contributed by atoms with E-state index in [1.165, 1.54) is 0 Å². The van der Waals surface area contributed by atoms with E-state index < -0.39 is 40.6 Å². The fourth-order valence-corrected chi connectivity index (χ4v) is 8.30. The van der Waals surface area contributed by atoms with Crippen molar-refractivity contribution in [3.8, 4) is 0 Å². The molecule has 36 heavy (non-hydrogen) atoms. The molecule has 1 aromatic carbocycles. The minimum atomic E-state index is -4.62. The SMILES string of the molecule is O=S1(=O)N[C@@]2(CN1CC(F)(F)F)[C@@H]1CC[C@H]2Cc2ccc(C=CC3CC(C(F)(F)F)CCN3)cc2C1. The van der Waals surface area contributed by atoms with Crippen LogP contribution < -0.4 is 10.0 Å². The highest BCUT2D eigenvalue weighted by atomic mass is 32.2. The van der Waals surface area contributed by atoms with Gasteiger partial charge in [-0.05, 0) is 73.6 Å². The van der Waals surface area contributed by atoms with Crippen LogP contribution in [0.3, 0.4) is 0 Å². The van der Waals surface area contributed by atoms with Crippen LogP contribution in [0.2, 0.25) is 0 Å². The fraction of sp³-hybridized carbons (Fsp3) is 0.667. The van der Waals surface area contributed by atoms with E-state index in [1.807, 2.05) is 18.2 Å². The standard InChI is InChI=1S/C24H29F6N3O2S/c25-23(26,27)14-33-13-22(32-36(33,34)35)18-4-5-19(22)11-17-9-15(1-3-16(17)10-18)2-6-21-12-20(7-8-31-21)24(28,29)30/h1-3,6,9,18-21,31-32H,4-5,7-8,10-14H2/t18-,19+,20?,21?,22+/m0/s1. The minimum absolute atomic E-state index is 0.00815. The van der Waals surface area contributed by atoms with Crippen LogP contribution in [-0.2, 0) is 23.1 Å². The van der Waals surface area contributed by atoms with Gasteiger partial charge in [-0.1, -0.05) is 30.4 Å². The summed E-state index contributed by atoms with van der Waals surface area (Å²) in [4.78, 5) is 0. The van der Waals surface area contributed by atoms with Gasteiger partial charge in [0, 0.05) is 12.6 Å². The number of hydrogen-bond acceptors (Lipinski definition) is 3. The highest BCUT2D eigenvalue weighted by Gasteiger charge is 2.60. The second-order valence-corrected chi connectivity index (χ2v) is 12.3. The molecule has 2 aliphatic heterocycles. The lowest BCUT2D eigenvalue weighted by molar-refractivity contribution is -0.181. The zero-order valence-electron chi connectivity index (χ0n) is 19.5. The molecule has 4 aliphatic rings. The lowest BCUT2D eigenvalue weighted by Gasteiger charge is -2.33. The van der Waals surface area contributed by atoms with Crippen molar-refractivity contribution in [3.63, 3.8) is 0 Å². The first-order chi connectivity index (χ1) is 16.8. The molecular weight excluding hydrogens is 508 g/mol. The lowest BCUT2D eigenvalue weighted by Crippen LogP contribution is -2.52. The molecule has 2 bridgehead atoms. The quantitative estimate of drug-likeness (QED) is 0.569. The van der Waals surface area contributed by atoms with Gasteiger partial charge in [0.1, 0.15) is 6.54 Å². The first-order valence-electron chi connectivity index (χ1n) is 12.2. The Kier molecular flexibility index (Phi) is 6.49. The first-order valence-corrected chi connectivity index (χ1v) is 13.7. The zero-order chi connectivity index (χ0) is 25.9. The monoisotopic (exact) mass is 537 g/mol. The summed E-state index contributed by atoms with van der Waals surface area (Å²) in [6, 6.07) is 5.44. The van der Waals surface area contributed by atoms with Crippen LogP contribution in [0, 0.1) is 17.8 Å². The van der Waals surface area contributed by atoms with E-state index in [0.717, 1.165) is 29.5 Å². The summed E-state index contributed by atoms with van der Waals surface area (Å²) in [5.41, 5.74) is 1.96. The van der Waals surface area contributed by atoms with E-state index in [9.17, 15) is 34.8 Å². The number of fused-ring (bicyclic) bond motifs is 1. The fourth-order valence-electron chi connectivity index (χ4n) is 6.59. The highest BCUT2D eigenvalue weighted by Crippen LogP contribution is 2.50. The van der Waals surface area contributed by atoms with Crippen molar-refractivity contribution in [2.75, 3.05) is 19.6 Å². The molecule has 0 amide bonds. The molecule has 2 N–H and O–H groups in total. The summed E-state index contributed by atoms with van der Waals surface area (Å²) in [7, 11) is -4.24. The summed E-state index contributed by atoms with van der Waals surface area (Å²) in [5, 5.41) is 3.11. The van der Waals surface area contributed by atoms with E-state index in [1.54, 1.807) is 12.2 Å². The molecular formula is C24H29F6N3O2S. The third-order valence-electron chi connectivity index (χ3n) is 8.36. The molecule has 1 spiro atoms. The second kappa shape index (κ2) is 8.99. The van der Waals surface area contributed by atoms with Gasteiger partial charge < -0.3 is 5.32 Å². The van der Waals surface area contributed by atoms with Gasteiger partial charge in [0.25, 0.3) is 10.2 Å². The number of benzene rings is 1. The van der Waals surface area contributed by atoms with Crippen molar-refractivity contribution in [1.29, 1.82) is 0 Å². The Balaban J connectivity index is 1.34. The molecule has 1 aromatic rings. The van der Waals surface area contributed by atoms with Gasteiger partial charge in [-0.25, -0.2) is 0 Å². The average Bonchev–Trinajstić information content (AvgIpc) is 3.15. The Labute approximate surface area is 206 Å². The summed E-state index contributed by atoms with van der Waals surface area (Å²) in [6.45, 7) is -1.40. The molecule has 2 saturated heterocycles. The van der Waals surface area contributed by atoms with Crippen LogP contribution in [-0.4, -0.2) is 56.3 Å². The van der Waals surface area contributed by atoms with Gasteiger partial charge in [-0.2, -0.15) is 43.8 Å². The van der Waals surface area contributed by atoms with Crippen molar-refractivity contribution in [3.05, 3.63) is 41.0 Å². The number of halogens is 6. The van der Waals surface area contributed by atoms with Gasteiger partial charge in [0.15, 0.2) is 0 Å². The Morgan fingerprint density at radius 3 is 2.39 bits per heavy atom. The Hall–Kier alpha value is -1.63. The van der Waals surface area contributed by atoms with E-state index in [2.05, 4.69) is 10.0 Å². The maximum atomic E-state index is 13.1. The predicted molar refractivity (Wildman–Crippen MR) is 122 cm³/mol. The maximum absolute atomic E-state index is 13.1. The molecule has 12 heteroatoms. The van der Waals surface area contributed by atoms with Crippen LogP contribution in [0.5, 0.6) is 0 Å². The molecule has 2 heterocycles. The topological polar surface area (TPSA) is 61.4 Å². The lowest BCUT2D eigenvalue weighted by atomic mass is 9.79. The highest BCUT2D eigenvalue weighted by molar-refractivity contribution is 7.87. The van der Waals surface area contributed by atoms with Gasteiger partial charge in [-0.3, -0.25) is 0 Å². The molecule has 2 aliphatic carbocycles. The number of rotatable bonds is 3. The Morgan fingerprint density at radius 2 is 1.72 bits per heavy atom. The van der Waals surface area contributed by atoms with Crippen molar-refractivity contribution >= 4 is 16.3 Å². The summed E-state index contributed by atoms with van der Waals surface area (Å²) >= 11 is 0. The van der Waals surface area contributed by atoms with Crippen LogP contribution in [0.25, 0.3) is 6.08 Å². The van der Waals surface area contributed by atoms with Crippen molar-refractivity contribution in [1.82, 2.24) is 14.3 Å². The zero-order valence-corrected chi connectivity index (χ0v) is 20.3. The largest absolute Gasteiger partial charge is 0.402 e. The average molecular weight is 538 g/mol. The van der Waals surface area contributed by atoms with Crippen LogP contribution in [0.4, 0.5) is 26.3 Å². The van der Waals surface area contributed by atoms with E-state index >= 15 is 0 Å². The third kappa shape index (κ3) is 5.06. The minimum Gasteiger partial charge on any atom is -0.310 e. The predicted octanol–water partition coefficient (Wildman–Crippen LogP) is 4.21. The maximum Gasteiger partial charge on any atom is 0.402 e.